The van der Waals surface area contributed by atoms with Crippen molar-refractivity contribution < 1.29 is 54.3 Å². The molecule has 3 N–H and O–H groups in total. The van der Waals surface area contributed by atoms with Crippen LogP contribution in [0.2, 0.25) is 0 Å². The zero-order valence-electron chi connectivity index (χ0n) is 18.8. The Morgan fingerprint density at radius 2 is 1.57 bits per heavy atom. The van der Waals surface area contributed by atoms with Crippen LogP contribution in [-0.2, 0) is 16.0 Å². The third-order valence-corrected chi connectivity index (χ3v) is 4.41. The van der Waals surface area contributed by atoms with Gasteiger partial charge < -0.3 is 15.2 Å². The average molecular weight is 431 g/mol. The normalized spacial score (nSPS) is 10.7. The van der Waals surface area contributed by atoms with E-state index in [-0.39, 0.29) is 41.0 Å². The van der Waals surface area contributed by atoms with Gasteiger partial charge in [0.15, 0.2) is 0 Å². The molecule has 1 rings (SSSR count). The van der Waals surface area contributed by atoms with Crippen LogP contribution in [0.5, 0.6) is 0 Å². The number of carbonyl (C=O) groups is 3. The SMILES string of the molecule is CC.CC(NC(=O)CCCCCCCCCc1cccc(C(=O)[O-])c1)C(=O)NO.[Na+]. The minimum absolute atomic E-state index is 0. The first-order chi connectivity index (χ1) is 13.9. The first-order valence-electron chi connectivity index (χ1n) is 10.5. The standard InChI is InChI=1S/C20H30N2O5.C2H6.Na/c1-15(19(24)22-27)21-18(23)13-8-6-4-2-3-5-7-10-16-11-9-12-17(14-16)20(25)26;1-2;/h9,11-12,14-15,27H,2-8,10,13H2,1H3,(H,21,23)(H,22,24)(H,25,26);1-2H3;/q;;+1/p-1. The van der Waals surface area contributed by atoms with Crippen LogP contribution in [-0.4, -0.2) is 29.0 Å². The summed E-state index contributed by atoms with van der Waals surface area (Å²) in [6.07, 6.45) is 8.34. The van der Waals surface area contributed by atoms with E-state index in [1.807, 2.05) is 19.9 Å². The third kappa shape index (κ3) is 14.6. The van der Waals surface area contributed by atoms with Crippen molar-refractivity contribution in [2.24, 2.45) is 0 Å². The Balaban J connectivity index is 0. The van der Waals surface area contributed by atoms with E-state index in [0.29, 0.717) is 6.42 Å². The van der Waals surface area contributed by atoms with Crippen molar-refractivity contribution in [2.75, 3.05) is 0 Å². The number of aromatic carboxylic acids is 1. The zero-order valence-corrected chi connectivity index (χ0v) is 20.8. The van der Waals surface area contributed by atoms with E-state index >= 15 is 0 Å². The van der Waals surface area contributed by atoms with E-state index in [4.69, 9.17) is 5.21 Å². The van der Waals surface area contributed by atoms with Crippen LogP contribution in [0.1, 0.15) is 88.1 Å². The van der Waals surface area contributed by atoms with Crippen LogP contribution in [0, 0.1) is 0 Å². The van der Waals surface area contributed by atoms with Gasteiger partial charge in [0, 0.05) is 6.42 Å². The second-order valence-corrected chi connectivity index (χ2v) is 6.73. The van der Waals surface area contributed by atoms with Crippen molar-refractivity contribution in [1.82, 2.24) is 10.8 Å². The number of aryl methyl sites for hydroxylation is 1. The van der Waals surface area contributed by atoms with Crippen LogP contribution in [0.4, 0.5) is 0 Å². The maximum atomic E-state index is 11.6. The summed E-state index contributed by atoms with van der Waals surface area (Å²) in [6, 6.07) is 6.15. The first-order valence-corrected chi connectivity index (χ1v) is 10.5. The Labute approximate surface area is 202 Å². The maximum Gasteiger partial charge on any atom is 1.00 e. The molecule has 0 heterocycles. The van der Waals surface area contributed by atoms with Gasteiger partial charge in [-0.1, -0.05) is 64.2 Å². The molecule has 0 aliphatic heterocycles. The summed E-state index contributed by atoms with van der Waals surface area (Å²) < 4.78 is 0. The molecule has 0 saturated heterocycles. The van der Waals surface area contributed by atoms with Crippen molar-refractivity contribution >= 4 is 17.8 Å². The average Bonchev–Trinajstić information content (AvgIpc) is 2.73. The van der Waals surface area contributed by atoms with E-state index in [9.17, 15) is 19.5 Å². The van der Waals surface area contributed by atoms with Crippen molar-refractivity contribution in [2.45, 2.75) is 84.6 Å². The molecule has 0 aromatic heterocycles. The summed E-state index contributed by atoms with van der Waals surface area (Å²) >= 11 is 0. The van der Waals surface area contributed by atoms with Crippen molar-refractivity contribution in [3.8, 4) is 0 Å². The van der Waals surface area contributed by atoms with Crippen LogP contribution in [0.3, 0.4) is 0 Å². The number of carboxylic acid groups (broad SMARTS) is 1. The molecule has 0 bridgehead atoms. The smallest absolute Gasteiger partial charge is 0.545 e. The Morgan fingerprint density at radius 3 is 2.13 bits per heavy atom. The van der Waals surface area contributed by atoms with Gasteiger partial charge in [0.05, 0.1) is 5.97 Å². The van der Waals surface area contributed by atoms with Gasteiger partial charge in [-0.3, -0.25) is 14.8 Å². The molecular weight excluding hydrogens is 395 g/mol. The molecular formula is C22H35N2NaO5. The quantitative estimate of drug-likeness (QED) is 0.173. The predicted octanol–water partition coefficient (Wildman–Crippen LogP) is -0.246. The van der Waals surface area contributed by atoms with Crippen molar-refractivity contribution in [1.29, 1.82) is 0 Å². The molecule has 1 aromatic rings. The summed E-state index contributed by atoms with van der Waals surface area (Å²) in [7, 11) is 0. The van der Waals surface area contributed by atoms with E-state index in [1.165, 1.54) is 12.4 Å². The van der Waals surface area contributed by atoms with E-state index in [0.717, 1.165) is 56.9 Å². The molecule has 1 aromatic carbocycles. The van der Waals surface area contributed by atoms with Crippen LogP contribution in [0.15, 0.2) is 24.3 Å². The van der Waals surface area contributed by atoms with Gasteiger partial charge in [-0.15, -0.1) is 0 Å². The van der Waals surface area contributed by atoms with Gasteiger partial charge in [0.2, 0.25) is 5.91 Å². The number of benzene rings is 1. The molecule has 30 heavy (non-hydrogen) atoms. The fourth-order valence-electron chi connectivity index (χ4n) is 2.83. The number of hydrogen-bond acceptors (Lipinski definition) is 5. The number of hydrogen-bond donors (Lipinski definition) is 3. The minimum Gasteiger partial charge on any atom is -0.545 e. The predicted molar refractivity (Wildman–Crippen MR) is 110 cm³/mol. The summed E-state index contributed by atoms with van der Waals surface area (Å²) in [6.45, 7) is 5.51. The number of amides is 2. The fourth-order valence-corrected chi connectivity index (χ4v) is 2.83. The second-order valence-electron chi connectivity index (χ2n) is 6.73. The molecule has 0 fully saturated rings. The van der Waals surface area contributed by atoms with E-state index in [1.54, 1.807) is 18.2 Å². The van der Waals surface area contributed by atoms with Crippen molar-refractivity contribution in [3.63, 3.8) is 0 Å². The monoisotopic (exact) mass is 430 g/mol. The molecule has 0 saturated carbocycles. The van der Waals surface area contributed by atoms with Gasteiger partial charge in [-0.25, -0.2) is 5.48 Å². The molecule has 1 unspecified atom stereocenters. The zero-order chi connectivity index (χ0) is 22.1. The van der Waals surface area contributed by atoms with Crippen LogP contribution >= 0.6 is 0 Å². The molecule has 8 heteroatoms. The first kappa shape index (κ1) is 30.8. The summed E-state index contributed by atoms with van der Waals surface area (Å²) in [5.74, 6) is -1.96. The van der Waals surface area contributed by atoms with Crippen LogP contribution in [0.25, 0.3) is 0 Å². The second kappa shape index (κ2) is 19.5. The number of carboxylic acids is 1. The number of rotatable bonds is 13. The fraction of sp³-hybridized carbons (Fsp3) is 0.591. The van der Waals surface area contributed by atoms with Gasteiger partial charge in [0.1, 0.15) is 6.04 Å². The van der Waals surface area contributed by atoms with Gasteiger partial charge in [-0.2, -0.15) is 0 Å². The summed E-state index contributed by atoms with van der Waals surface area (Å²) in [5, 5.41) is 21.8. The molecule has 0 aliphatic rings. The van der Waals surface area contributed by atoms with Gasteiger partial charge in [0.25, 0.3) is 5.91 Å². The topological polar surface area (TPSA) is 119 Å². The molecule has 0 spiro atoms. The molecule has 164 valence electrons. The van der Waals surface area contributed by atoms with Gasteiger partial charge in [-0.05, 0) is 43.4 Å². The summed E-state index contributed by atoms with van der Waals surface area (Å²) in [5.41, 5.74) is 2.75. The molecule has 1 atom stereocenters. The Kier molecular flexibility index (Phi) is 20.1. The van der Waals surface area contributed by atoms with E-state index < -0.39 is 17.9 Å². The molecule has 0 radical (unpaired) electrons. The minimum atomic E-state index is -1.14. The maximum absolute atomic E-state index is 11.6. The largest absolute Gasteiger partial charge is 1.00 e. The number of nitrogens with one attached hydrogen (secondary N) is 2. The number of unbranched alkanes of at least 4 members (excludes halogenated alkanes) is 6. The number of hydroxylamine groups is 1. The molecule has 2 amide bonds. The van der Waals surface area contributed by atoms with Crippen molar-refractivity contribution in [3.05, 3.63) is 35.4 Å². The van der Waals surface area contributed by atoms with Gasteiger partial charge >= 0.3 is 29.6 Å². The number of carbonyl (C=O) groups excluding carboxylic acids is 3. The molecule has 0 aliphatic carbocycles. The summed E-state index contributed by atoms with van der Waals surface area (Å²) in [4.78, 5) is 33.5. The Morgan fingerprint density at radius 1 is 1.00 bits per heavy atom. The van der Waals surface area contributed by atoms with E-state index in [2.05, 4.69) is 5.32 Å². The Hall–Kier alpha value is -1.41. The third-order valence-electron chi connectivity index (χ3n) is 4.41. The Bertz CT molecular complexity index is 625. The molecule has 7 nitrogen and oxygen atoms in total. The van der Waals surface area contributed by atoms with Crippen LogP contribution < -0.4 is 45.5 Å².